The van der Waals surface area contributed by atoms with Gasteiger partial charge in [0.1, 0.15) is 11.5 Å². The molecule has 1 atom stereocenters. The number of hydrogen-bond acceptors (Lipinski definition) is 5. The molecule has 1 aromatic heterocycles. The number of fused-ring (bicyclic) bond motifs is 1. The van der Waals surface area contributed by atoms with E-state index in [1.807, 2.05) is 24.3 Å². The summed E-state index contributed by atoms with van der Waals surface area (Å²) >= 11 is 0. The van der Waals surface area contributed by atoms with Crippen molar-refractivity contribution in [2.75, 3.05) is 0 Å². The number of ether oxygens (including phenoxy) is 2. The van der Waals surface area contributed by atoms with Gasteiger partial charge in [0.2, 0.25) is 5.88 Å². The summed E-state index contributed by atoms with van der Waals surface area (Å²) in [6.07, 6.45) is 0.646. The van der Waals surface area contributed by atoms with Crippen LogP contribution in [0.15, 0.2) is 54.7 Å². The van der Waals surface area contributed by atoms with Crippen molar-refractivity contribution in [1.29, 1.82) is 0 Å². The van der Waals surface area contributed by atoms with Gasteiger partial charge in [-0.05, 0) is 43.3 Å². The molecule has 0 fully saturated rings. The average molecular weight is 310 g/mol. The lowest BCUT2D eigenvalue weighted by molar-refractivity contribution is -0.144. The first-order valence-electron chi connectivity index (χ1n) is 7.01. The molecule has 0 saturated heterocycles. The van der Waals surface area contributed by atoms with Crippen LogP contribution in [0, 0.1) is 0 Å². The molecule has 0 radical (unpaired) electrons. The smallest absolute Gasteiger partial charge is 0.344 e. The van der Waals surface area contributed by atoms with Crippen LogP contribution in [0.4, 0.5) is 0 Å². The number of benzene rings is 2. The van der Waals surface area contributed by atoms with Crippen LogP contribution < -0.4 is 9.47 Å². The Labute approximate surface area is 132 Å². The third-order valence-electron chi connectivity index (χ3n) is 3.13. The molecule has 1 unspecified atom stereocenters. The summed E-state index contributed by atoms with van der Waals surface area (Å²) in [5, 5.41) is 8.81. The van der Waals surface area contributed by atoms with E-state index in [2.05, 4.69) is 9.97 Å². The Kier molecular flexibility index (Phi) is 4.05. The van der Waals surface area contributed by atoms with E-state index in [1.54, 1.807) is 30.5 Å². The molecule has 3 rings (SSSR count). The maximum absolute atomic E-state index is 10.8. The molecule has 0 aliphatic rings. The Morgan fingerprint density at radius 3 is 2.39 bits per heavy atom. The summed E-state index contributed by atoms with van der Waals surface area (Å²) in [5.41, 5.74) is 1.55. The summed E-state index contributed by atoms with van der Waals surface area (Å²) in [5.74, 6) is 0.384. The molecular formula is C17H14N2O4. The van der Waals surface area contributed by atoms with Gasteiger partial charge in [0, 0.05) is 0 Å². The van der Waals surface area contributed by atoms with Crippen molar-refractivity contribution in [1.82, 2.24) is 9.97 Å². The molecule has 3 aromatic rings. The highest BCUT2D eigenvalue weighted by molar-refractivity contribution is 5.74. The lowest BCUT2D eigenvalue weighted by atomic mass is 10.3. The molecule has 0 aliphatic carbocycles. The van der Waals surface area contributed by atoms with Gasteiger partial charge in [-0.1, -0.05) is 12.1 Å². The Morgan fingerprint density at radius 2 is 1.70 bits per heavy atom. The van der Waals surface area contributed by atoms with Gasteiger partial charge in [0.15, 0.2) is 6.10 Å². The number of aliphatic carboxylic acids is 1. The predicted octanol–water partition coefficient (Wildman–Crippen LogP) is 3.27. The van der Waals surface area contributed by atoms with Crippen LogP contribution in [0.2, 0.25) is 0 Å². The molecule has 6 heteroatoms. The quantitative estimate of drug-likeness (QED) is 0.779. The number of carbonyl (C=O) groups is 1. The van der Waals surface area contributed by atoms with Crippen molar-refractivity contribution in [2.45, 2.75) is 13.0 Å². The minimum Gasteiger partial charge on any atom is -0.479 e. The van der Waals surface area contributed by atoms with Gasteiger partial charge in [-0.2, -0.15) is 0 Å². The molecule has 0 bridgehead atoms. The molecule has 6 nitrogen and oxygen atoms in total. The van der Waals surface area contributed by atoms with Crippen LogP contribution in [-0.4, -0.2) is 27.1 Å². The molecule has 0 aliphatic heterocycles. The van der Waals surface area contributed by atoms with Crippen molar-refractivity contribution in [3.05, 3.63) is 54.7 Å². The van der Waals surface area contributed by atoms with Crippen LogP contribution in [0.3, 0.4) is 0 Å². The summed E-state index contributed by atoms with van der Waals surface area (Å²) < 4.78 is 10.9. The van der Waals surface area contributed by atoms with E-state index < -0.39 is 12.1 Å². The van der Waals surface area contributed by atoms with E-state index in [0.29, 0.717) is 17.4 Å². The fraction of sp³-hybridized carbons (Fsp3) is 0.118. The molecular weight excluding hydrogens is 296 g/mol. The Morgan fingerprint density at radius 1 is 1.04 bits per heavy atom. The SMILES string of the molecule is CC(Oc1ccc(Oc2cnc3ccccc3n2)cc1)C(=O)O. The Balaban J connectivity index is 1.73. The van der Waals surface area contributed by atoms with Crippen LogP contribution in [0.1, 0.15) is 6.92 Å². The van der Waals surface area contributed by atoms with Crippen LogP contribution >= 0.6 is 0 Å². The highest BCUT2D eigenvalue weighted by Crippen LogP contribution is 2.23. The lowest BCUT2D eigenvalue weighted by Gasteiger charge is -2.11. The van der Waals surface area contributed by atoms with Crippen molar-refractivity contribution in [2.24, 2.45) is 0 Å². The number of para-hydroxylation sites is 2. The number of nitrogens with zero attached hydrogens (tertiary/aromatic N) is 2. The highest BCUT2D eigenvalue weighted by Gasteiger charge is 2.12. The summed E-state index contributed by atoms with van der Waals surface area (Å²) in [6, 6.07) is 14.2. The van der Waals surface area contributed by atoms with Crippen molar-refractivity contribution in [3.63, 3.8) is 0 Å². The monoisotopic (exact) mass is 310 g/mol. The van der Waals surface area contributed by atoms with E-state index in [0.717, 1.165) is 11.0 Å². The lowest BCUT2D eigenvalue weighted by Crippen LogP contribution is -2.22. The summed E-state index contributed by atoms with van der Waals surface area (Å²) in [7, 11) is 0. The maximum atomic E-state index is 10.8. The molecule has 1 heterocycles. The third-order valence-corrected chi connectivity index (χ3v) is 3.13. The Hall–Kier alpha value is -3.15. The minimum absolute atomic E-state index is 0.385. The first-order chi connectivity index (χ1) is 11.1. The first kappa shape index (κ1) is 14.8. The standard InChI is InChI=1S/C17H14N2O4/c1-11(17(20)21)22-12-6-8-13(9-7-12)23-16-10-18-14-4-2-3-5-15(14)19-16/h2-11H,1H3,(H,20,21). The van der Waals surface area contributed by atoms with Crippen molar-refractivity contribution >= 4 is 17.0 Å². The normalized spacial score (nSPS) is 11.9. The van der Waals surface area contributed by atoms with E-state index in [-0.39, 0.29) is 0 Å². The van der Waals surface area contributed by atoms with Gasteiger partial charge in [-0.25, -0.2) is 14.8 Å². The summed E-state index contributed by atoms with van der Waals surface area (Å²) in [6.45, 7) is 1.47. The maximum Gasteiger partial charge on any atom is 0.344 e. The number of aromatic nitrogens is 2. The Bertz CT molecular complexity index is 833. The van der Waals surface area contributed by atoms with Gasteiger partial charge in [0.25, 0.3) is 0 Å². The number of carboxylic acids is 1. The van der Waals surface area contributed by atoms with Crippen LogP contribution in [0.5, 0.6) is 17.4 Å². The first-order valence-corrected chi connectivity index (χ1v) is 7.01. The van der Waals surface area contributed by atoms with E-state index in [4.69, 9.17) is 14.6 Å². The zero-order valence-electron chi connectivity index (χ0n) is 12.3. The zero-order chi connectivity index (χ0) is 16.2. The molecule has 116 valence electrons. The van der Waals surface area contributed by atoms with E-state index in [1.165, 1.54) is 6.92 Å². The van der Waals surface area contributed by atoms with Gasteiger partial charge < -0.3 is 14.6 Å². The van der Waals surface area contributed by atoms with Gasteiger partial charge in [0.05, 0.1) is 17.2 Å². The zero-order valence-corrected chi connectivity index (χ0v) is 12.3. The predicted molar refractivity (Wildman–Crippen MR) is 83.8 cm³/mol. The van der Waals surface area contributed by atoms with Crippen LogP contribution in [-0.2, 0) is 4.79 Å². The molecule has 23 heavy (non-hydrogen) atoms. The van der Waals surface area contributed by atoms with E-state index in [9.17, 15) is 4.79 Å². The third kappa shape index (κ3) is 3.55. The fourth-order valence-electron chi connectivity index (χ4n) is 1.95. The van der Waals surface area contributed by atoms with Gasteiger partial charge in [-0.15, -0.1) is 0 Å². The second-order valence-corrected chi connectivity index (χ2v) is 4.87. The minimum atomic E-state index is -1.02. The fourth-order valence-corrected chi connectivity index (χ4v) is 1.95. The molecule has 2 aromatic carbocycles. The van der Waals surface area contributed by atoms with Crippen molar-refractivity contribution in [3.8, 4) is 17.4 Å². The van der Waals surface area contributed by atoms with Gasteiger partial charge >= 0.3 is 5.97 Å². The summed E-state index contributed by atoms with van der Waals surface area (Å²) in [4.78, 5) is 19.4. The second kappa shape index (κ2) is 6.31. The second-order valence-electron chi connectivity index (χ2n) is 4.87. The van der Waals surface area contributed by atoms with Crippen molar-refractivity contribution < 1.29 is 19.4 Å². The van der Waals surface area contributed by atoms with Gasteiger partial charge in [-0.3, -0.25) is 0 Å². The largest absolute Gasteiger partial charge is 0.479 e. The topological polar surface area (TPSA) is 81.5 Å². The number of carboxylic acid groups (broad SMARTS) is 1. The van der Waals surface area contributed by atoms with E-state index >= 15 is 0 Å². The molecule has 0 amide bonds. The molecule has 0 spiro atoms. The highest BCUT2D eigenvalue weighted by atomic mass is 16.5. The average Bonchev–Trinajstić information content (AvgIpc) is 2.56. The van der Waals surface area contributed by atoms with Crippen LogP contribution in [0.25, 0.3) is 11.0 Å². The number of rotatable bonds is 5. The number of hydrogen-bond donors (Lipinski definition) is 1. The molecule has 0 saturated carbocycles. The molecule has 1 N–H and O–H groups in total.